The summed E-state index contributed by atoms with van der Waals surface area (Å²) in [6, 6.07) is 20.6. The number of hydroxylamine groups is 1. The average Bonchev–Trinajstić information content (AvgIpc) is 3.09. The minimum Gasteiger partial charge on any atom is -0.406 e. The lowest BCUT2D eigenvalue weighted by Crippen LogP contribution is -2.67. The standard InChI is InChI=1S/C24H31NO3Si/c1-6-18(2)23-22(26)21(25-28-23)17-27-29(24(3,4)5,19-13-9-7-10-14-19)20-15-11-8-12-16-20/h1,7-16,18,21-23,25-26H,17H2,2-5H3/t18-,21-,22-,23-/m1/s1. The molecule has 0 aliphatic carbocycles. The lowest BCUT2D eigenvalue weighted by Gasteiger charge is -2.43. The van der Waals surface area contributed by atoms with Crippen LogP contribution in [0.15, 0.2) is 60.7 Å². The zero-order chi connectivity index (χ0) is 21.1. The minimum atomic E-state index is -2.65. The van der Waals surface area contributed by atoms with Gasteiger partial charge in [0, 0.05) is 5.92 Å². The molecule has 0 aromatic heterocycles. The van der Waals surface area contributed by atoms with Crippen LogP contribution in [0.5, 0.6) is 0 Å². The Balaban J connectivity index is 1.96. The zero-order valence-corrected chi connectivity index (χ0v) is 18.6. The maximum Gasteiger partial charge on any atom is 0.261 e. The van der Waals surface area contributed by atoms with Gasteiger partial charge in [-0.05, 0) is 22.3 Å². The highest BCUT2D eigenvalue weighted by Crippen LogP contribution is 2.37. The number of benzene rings is 2. The van der Waals surface area contributed by atoms with Gasteiger partial charge in [0.1, 0.15) is 12.2 Å². The van der Waals surface area contributed by atoms with E-state index >= 15 is 0 Å². The van der Waals surface area contributed by atoms with Crippen molar-refractivity contribution in [3.8, 4) is 12.3 Å². The molecule has 0 saturated carbocycles. The Morgan fingerprint density at radius 3 is 2.07 bits per heavy atom. The summed E-state index contributed by atoms with van der Waals surface area (Å²) in [6.45, 7) is 8.91. The molecule has 5 heteroatoms. The highest BCUT2D eigenvalue weighted by atomic mass is 28.4. The highest BCUT2D eigenvalue weighted by Gasteiger charge is 2.51. The largest absolute Gasteiger partial charge is 0.406 e. The smallest absolute Gasteiger partial charge is 0.261 e. The van der Waals surface area contributed by atoms with Crippen molar-refractivity contribution in [2.24, 2.45) is 5.92 Å². The van der Waals surface area contributed by atoms with E-state index in [-0.39, 0.29) is 17.0 Å². The molecular formula is C24H31NO3Si. The quantitative estimate of drug-likeness (QED) is 0.568. The molecule has 4 atom stereocenters. The van der Waals surface area contributed by atoms with E-state index in [4.69, 9.17) is 15.7 Å². The van der Waals surface area contributed by atoms with Crippen molar-refractivity contribution < 1.29 is 14.4 Å². The van der Waals surface area contributed by atoms with Crippen LogP contribution >= 0.6 is 0 Å². The van der Waals surface area contributed by atoms with Gasteiger partial charge in [0.2, 0.25) is 0 Å². The fraction of sp³-hybridized carbons (Fsp3) is 0.417. The normalized spacial score (nSPS) is 23.5. The number of nitrogens with one attached hydrogen (secondary N) is 1. The first kappa shape index (κ1) is 21.8. The highest BCUT2D eigenvalue weighted by molar-refractivity contribution is 6.99. The van der Waals surface area contributed by atoms with Crippen molar-refractivity contribution in [2.45, 2.75) is 51.0 Å². The van der Waals surface area contributed by atoms with E-state index in [1.807, 2.05) is 19.1 Å². The number of aliphatic hydroxyl groups is 1. The van der Waals surface area contributed by atoms with Crippen LogP contribution in [0.25, 0.3) is 0 Å². The van der Waals surface area contributed by atoms with Gasteiger partial charge in [-0.15, -0.1) is 12.3 Å². The topological polar surface area (TPSA) is 50.7 Å². The van der Waals surface area contributed by atoms with Gasteiger partial charge in [-0.2, -0.15) is 5.48 Å². The van der Waals surface area contributed by atoms with Crippen LogP contribution in [0.1, 0.15) is 27.7 Å². The summed E-state index contributed by atoms with van der Waals surface area (Å²) >= 11 is 0. The molecule has 1 aliphatic rings. The second-order valence-corrected chi connectivity index (χ2v) is 13.0. The Labute approximate surface area is 175 Å². The molecule has 0 unspecified atom stereocenters. The van der Waals surface area contributed by atoms with E-state index in [1.165, 1.54) is 10.4 Å². The van der Waals surface area contributed by atoms with Gasteiger partial charge in [-0.3, -0.25) is 4.84 Å². The van der Waals surface area contributed by atoms with Gasteiger partial charge < -0.3 is 9.53 Å². The Morgan fingerprint density at radius 2 is 1.62 bits per heavy atom. The van der Waals surface area contributed by atoms with Crippen molar-refractivity contribution >= 4 is 18.7 Å². The van der Waals surface area contributed by atoms with Gasteiger partial charge in [0.05, 0.1) is 12.6 Å². The summed E-state index contributed by atoms with van der Waals surface area (Å²) in [5.41, 5.74) is 2.95. The van der Waals surface area contributed by atoms with Crippen LogP contribution in [0, 0.1) is 18.3 Å². The Morgan fingerprint density at radius 1 is 1.10 bits per heavy atom. The SMILES string of the molecule is C#C[C@@H](C)[C@H]1ON[C@H](CO[Si](c2ccccc2)(c2ccccc2)C(C)(C)C)[C@H]1O. The summed E-state index contributed by atoms with van der Waals surface area (Å²) < 4.78 is 6.87. The van der Waals surface area contributed by atoms with E-state index in [1.54, 1.807) is 0 Å². The first-order valence-electron chi connectivity index (χ1n) is 10.1. The third-order valence-electron chi connectivity index (χ3n) is 5.76. The molecular weight excluding hydrogens is 378 g/mol. The fourth-order valence-corrected chi connectivity index (χ4v) is 8.72. The van der Waals surface area contributed by atoms with E-state index in [2.05, 4.69) is 80.7 Å². The van der Waals surface area contributed by atoms with Crippen LogP contribution in [-0.2, 0) is 9.26 Å². The third-order valence-corrected chi connectivity index (χ3v) is 10.8. The zero-order valence-electron chi connectivity index (χ0n) is 17.6. The van der Waals surface area contributed by atoms with Crippen LogP contribution in [0.2, 0.25) is 5.04 Å². The van der Waals surface area contributed by atoms with Gasteiger partial charge in [0.15, 0.2) is 0 Å². The van der Waals surface area contributed by atoms with Crippen LogP contribution in [-0.4, -0.2) is 38.3 Å². The molecule has 1 heterocycles. The molecule has 0 spiro atoms. The van der Waals surface area contributed by atoms with Crippen molar-refractivity contribution in [3.05, 3.63) is 60.7 Å². The van der Waals surface area contributed by atoms with E-state index < -0.39 is 20.5 Å². The number of rotatable bonds is 6. The monoisotopic (exact) mass is 409 g/mol. The van der Waals surface area contributed by atoms with Gasteiger partial charge in [0.25, 0.3) is 8.32 Å². The maximum atomic E-state index is 10.7. The second-order valence-electron chi connectivity index (χ2n) is 8.73. The summed E-state index contributed by atoms with van der Waals surface area (Å²) in [4.78, 5) is 5.59. The van der Waals surface area contributed by atoms with Crippen molar-refractivity contribution in [3.63, 3.8) is 0 Å². The average molecular weight is 410 g/mol. The van der Waals surface area contributed by atoms with E-state index in [9.17, 15) is 5.11 Å². The Hall–Kier alpha value is -1.94. The molecule has 29 heavy (non-hydrogen) atoms. The molecule has 0 radical (unpaired) electrons. The van der Waals surface area contributed by atoms with Crippen LogP contribution in [0.4, 0.5) is 0 Å². The summed E-state index contributed by atoms with van der Waals surface area (Å²) in [7, 11) is -2.65. The van der Waals surface area contributed by atoms with Gasteiger partial charge >= 0.3 is 0 Å². The van der Waals surface area contributed by atoms with Crippen molar-refractivity contribution in [2.75, 3.05) is 6.61 Å². The maximum absolute atomic E-state index is 10.7. The van der Waals surface area contributed by atoms with E-state index in [0.29, 0.717) is 6.61 Å². The molecule has 3 rings (SSSR count). The molecule has 1 fully saturated rings. The Bertz CT molecular complexity index is 789. The molecule has 0 bridgehead atoms. The van der Waals surface area contributed by atoms with Crippen LogP contribution in [0.3, 0.4) is 0 Å². The second kappa shape index (κ2) is 8.82. The number of hydrogen-bond donors (Lipinski definition) is 2. The lowest BCUT2D eigenvalue weighted by atomic mass is 9.98. The third kappa shape index (κ3) is 4.18. The first-order valence-corrected chi connectivity index (χ1v) is 12.0. The molecule has 2 aromatic carbocycles. The summed E-state index contributed by atoms with van der Waals surface area (Å²) in [5, 5.41) is 13.0. The molecule has 0 amide bonds. The molecule has 154 valence electrons. The Kier molecular flexibility index (Phi) is 6.62. The van der Waals surface area contributed by atoms with E-state index in [0.717, 1.165) is 0 Å². The number of aliphatic hydroxyl groups excluding tert-OH is 1. The first-order chi connectivity index (χ1) is 13.8. The predicted molar refractivity (Wildman–Crippen MR) is 119 cm³/mol. The summed E-state index contributed by atoms with van der Waals surface area (Å²) in [5.74, 6) is 2.46. The van der Waals surface area contributed by atoms with Crippen molar-refractivity contribution in [1.82, 2.24) is 5.48 Å². The molecule has 1 aliphatic heterocycles. The van der Waals surface area contributed by atoms with Gasteiger partial charge in [-0.25, -0.2) is 0 Å². The van der Waals surface area contributed by atoms with Crippen molar-refractivity contribution in [1.29, 1.82) is 0 Å². The predicted octanol–water partition coefficient (Wildman–Crippen LogP) is 2.47. The fourth-order valence-electron chi connectivity index (χ4n) is 4.14. The molecule has 1 saturated heterocycles. The number of hydrogen-bond acceptors (Lipinski definition) is 4. The molecule has 2 N–H and O–H groups in total. The van der Waals surface area contributed by atoms with Crippen LogP contribution < -0.4 is 15.9 Å². The number of terminal acetylenes is 1. The van der Waals surface area contributed by atoms with Gasteiger partial charge in [-0.1, -0.05) is 81.4 Å². The summed E-state index contributed by atoms with van der Waals surface area (Å²) in [6.07, 6.45) is 4.36. The molecule has 2 aromatic rings. The minimum absolute atomic E-state index is 0.119. The molecule has 4 nitrogen and oxygen atoms in total. The lowest BCUT2D eigenvalue weighted by molar-refractivity contribution is -0.0176.